The van der Waals surface area contributed by atoms with E-state index in [-0.39, 0.29) is 22.6 Å². The van der Waals surface area contributed by atoms with E-state index in [2.05, 4.69) is 10.0 Å². The predicted octanol–water partition coefficient (Wildman–Crippen LogP) is 1.59. The summed E-state index contributed by atoms with van der Waals surface area (Å²) in [7, 11) is -2.54. The van der Waals surface area contributed by atoms with Crippen molar-refractivity contribution in [2.75, 3.05) is 0 Å². The average molecular weight is 391 g/mol. The summed E-state index contributed by atoms with van der Waals surface area (Å²) in [5.74, 6) is -2.32. The van der Waals surface area contributed by atoms with Gasteiger partial charge in [-0.3, -0.25) is 4.79 Å². The molecular weight excluding hydrogens is 373 g/mol. The lowest BCUT2D eigenvalue weighted by atomic mass is 9.98. The molecule has 0 spiro atoms. The number of aromatic nitrogens is 1. The lowest BCUT2D eigenvalue weighted by Gasteiger charge is -2.16. The molecule has 1 aliphatic carbocycles. The van der Waals surface area contributed by atoms with Gasteiger partial charge in [0, 0.05) is 31.4 Å². The van der Waals surface area contributed by atoms with Gasteiger partial charge in [-0.1, -0.05) is 0 Å². The number of aryl methyl sites for hydroxylation is 1. The molecule has 1 aliphatic rings. The van der Waals surface area contributed by atoms with Crippen LogP contribution < -0.4 is 10.0 Å². The second-order valence-electron chi connectivity index (χ2n) is 6.30. The molecule has 2 N–H and O–H groups in total. The SMILES string of the molecule is CC(C)NS(=O)(=O)c1cn(C)c(C(=O)NC2=CC=C(F)C(C#N)C2)c1C#N. The number of carbonyl (C=O) groups is 1. The molecule has 1 unspecified atom stereocenters. The summed E-state index contributed by atoms with van der Waals surface area (Å²) in [5.41, 5.74) is -0.146. The number of halogens is 1. The highest BCUT2D eigenvalue weighted by molar-refractivity contribution is 7.89. The standard InChI is InChI=1S/C17H18FN5O3S/c1-10(2)22-27(25,26)15-9-23(3)16(13(15)8-20)17(24)21-12-4-5-14(18)11(6-12)7-19/h4-5,9-11,22H,6H2,1-3H3,(H,21,24). The largest absolute Gasteiger partial charge is 0.344 e. The fraction of sp³-hybridized carbons (Fsp3) is 0.353. The van der Waals surface area contributed by atoms with Crippen LogP contribution in [0.3, 0.4) is 0 Å². The van der Waals surface area contributed by atoms with Crippen molar-refractivity contribution in [1.82, 2.24) is 14.6 Å². The molecule has 0 aliphatic heterocycles. The van der Waals surface area contributed by atoms with Crippen LogP contribution in [0.4, 0.5) is 4.39 Å². The van der Waals surface area contributed by atoms with E-state index in [1.54, 1.807) is 26.0 Å². The highest BCUT2D eigenvalue weighted by Gasteiger charge is 2.29. The Morgan fingerprint density at radius 1 is 1.37 bits per heavy atom. The number of amides is 1. The number of hydrogen-bond donors (Lipinski definition) is 2. The van der Waals surface area contributed by atoms with E-state index in [0.717, 1.165) is 6.08 Å². The van der Waals surface area contributed by atoms with Crippen LogP contribution in [0, 0.1) is 28.6 Å². The molecule has 8 nitrogen and oxygen atoms in total. The van der Waals surface area contributed by atoms with Gasteiger partial charge in [0.05, 0.1) is 6.07 Å². The zero-order valence-corrected chi connectivity index (χ0v) is 15.8. The Morgan fingerprint density at radius 3 is 2.59 bits per heavy atom. The summed E-state index contributed by atoms with van der Waals surface area (Å²) >= 11 is 0. The Hall–Kier alpha value is -2.95. The first-order chi connectivity index (χ1) is 12.6. The minimum absolute atomic E-state index is 0.0308. The maximum atomic E-state index is 13.5. The van der Waals surface area contributed by atoms with Crippen LogP contribution in [0.25, 0.3) is 0 Å². The van der Waals surface area contributed by atoms with Gasteiger partial charge >= 0.3 is 0 Å². The first kappa shape index (κ1) is 20.4. The molecule has 0 fully saturated rings. The third kappa shape index (κ3) is 4.25. The van der Waals surface area contributed by atoms with Crippen LogP contribution in [0.2, 0.25) is 0 Å². The Morgan fingerprint density at radius 2 is 2.04 bits per heavy atom. The number of nitrogens with one attached hydrogen (secondary N) is 2. The van der Waals surface area contributed by atoms with Crippen molar-refractivity contribution in [3.8, 4) is 12.1 Å². The van der Waals surface area contributed by atoms with Gasteiger partial charge in [-0.15, -0.1) is 0 Å². The molecule has 10 heteroatoms. The van der Waals surface area contributed by atoms with Gasteiger partial charge in [0.1, 0.15) is 34.0 Å². The molecule has 0 bridgehead atoms. The Bertz CT molecular complexity index is 1020. The minimum atomic E-state index is -3.98. The molecule has 0 saturated carbocycles. The summed E-state index contributed by atoms with van der Waals surface area (Å²) in [4.78, 5) is 12.3. The van der Waals surface area contributed by atoms with Crippen molar-refractivity contribution in [3.05, 3.63) is 41.1 Å². The molecule has 0 saturated heterocycles. The average Bonchev–Trinajstić information content (AvgIpc) is 2.92. The molecule has 1 aromatic rings. The molecule has 1 atom stereocenters. The van der Waals surface area contributed by atoms with Gasteiger partial charge in [-0.2, -0.15) is 10.5 Å². The van der Waals surface area contributed by atoms with Gasteiger partial charge in [-0.25, -0.2) is 17.5 Å². The number of nitriles is 2. The first-order valence-corrected chi connectivity index (χ1v) is 9.48. The van der Waals surface area contributed by atoms with Crippen molar-refractivity contribution in [1.29, 1.82) is 10.5 Å². The number of hydrogen-bond acceptors (Lipinski definition) is 5. The topological polar surface area (TPSA) is 128 Å². The fourth-order valence-corrected chi connectivity index (χ4v) is 4.10. The van der Waals surface area contributed by atoms with Crippen LogP contribution in [-0.4, -0.2) is 24.9 Å². The van der Waals surface area contributed by atoms with Crippen LogP contribution in [0.15, 0.2) is 34.8 Å². The summed E-state index contributed by atoms with van der Waals surface area (Å²) in [6, 6.07) is 3.16. The van der Waals surface area contributed by atoms with E-state index in [1.165, 1.54) is 23.9 Å². The number of rotatable bonds is 5. The van der Waals surface area contributed by atoms with Crippen LogP contribution >= 0.6 is 0 Å². The molecule has 142 valence electrons. The maximum absolute atomic E-state index is 13.5. The van der Waals surface area contributed by atoms with E-state index < -0.39 is 33.7 Å². The molecule has 0 radical (unpaired) electrons. The van der Waals surface area contributed by atoms with Crippen LogP contribution in [0.1, 0.15) is 36.3 Å². The summed E-state index contributed by atoms with van der Waals surface area (Å²) < 4.78 is 41.9. The maximum Gasteiger partial charge on any atom is 0.273 e. The van der Waals surface area contributed by atoms with E-state index in [4.69, 9.17) is 5.26 Å². The third-order valence-corrected chi connectivity index (χ3v) is 5.45. The summed E-state index contributed by atoms with van der Waals surface area (Å²) in [6.07, 6.45) is 3.57. The van der Waals surface area contributed by atoms with Gasteiger partial charge in [0.2, 0.25) is 10.0 Å². The van der Waals surface area contributed by atoms with Gasteiger partial charge < -0.3 is 9.88 Å². The lowest BCUT2D eigenvalue weighted by molar-refractivity contribution is 0.0955. The zero-order chi connectivity index (χ0) is 20.4. The van der Waals surface area contributed by atoms with Crippen molar-refractivity contribution >= 4 is 15.9 Å². The summed E-state index contributed by atoms with van der Waals surface area (Å²) in [6.45, 7) is 3.27. The fourth-order valence-electron chi connectivity index (χ4n) is 2.64. The van der Waals surface area contributed by atoms with Crippen LogP contribution in [0.5, 0.6) is 0 Å². The molecule has 0 aromatic carbocycles. The van der Waals surface area contributed by atoms with Crippen LogP contribution in [-0.2, 0) is 17.1 Å². The van der Waals surface area contributed by atoms with Crippen molar-refractivity contribution < 1.29 is 17.6 Å². The number of carbonyl (C=O) groups excluding carboxylic acids is 1. The molecule has 1 heterocycles. The second-order valence-corrected chi connectivity index (χ2v) is 7.98. The first-order valence-electron chi connectivity index (χ1n) is 7.99. The Balaban J connectivity index is 2.39. The predicted molar refractivity (Wildman–Crippen MR) is 94.0 cm³/mol. The highest BCUT2D eigenvalue weighted by atomic mass is 32.2. The normalized spacial score (nSPS) is 16.9. The lowest BCUT2D eigenvalue weighted by Crippen LogP contribution is -2.30. The third-order valence-electron chi connectivity index (χ3n) is 3.78. The Labute approximate surface area is 156 Å². The zero-order valence-electron chi connectivity index (χ0n) is 14.9. The number of allylic oxidation sites excluding steroid dienone is 4. The van der Waals surface area contributed by atoms with E-state index in [0.29, 0.717) is 5.70 Å². The van der Waals surface area contributed by atoms with E-state index in [1.807, 2.05) is 0 Å². The molecule has 2 rings (SSSR count). The summed E-state index contributed by atoms with van der Waals surface area (Å²) in [5, 5.41) is 20.9. The minimum Gasteiger partial charge on any atom is -0.344 e. The number of nitrogens with zero attached hydrogens (tertiary/aromatic N) is 3. The molecule has 27 heavy (non-hydrogen) atoms. The molecule has 1 amide bonds. The van der Waals surface area contributed by atoms with E-state index >= 15 is 0 Å². The smallest absolute Gasteiger partial charge is 0.273 e. The number of sulfonamides is 1. The monoisotopic (exact) mass is 391 g/mol. The second kappa shape index (κ2) is 7.74. The molecule has 1 aromatic heterocycles. The van der Waals surface area contributed by atoms with Crippen molar-refractivity contribution in [2.24, 2.45) is 13.0 Å². The highest BCUT2D eigenvalue weighted by Crippen LogP contribution is 2.26. The Kier molecular flexibility index (Phi) is 5.84. The van der Waals surface area contributed by atoms with Crippen molar-refractivity contribution in [2.45, 2.75) is 31.2 Å². The molecular formula is C17H18FN5O3S. The quantitative estimate of drug-likeness (QED) is 0.788. The van der Waals surface area contributed by atoms with Gasteiger partial charge in [0.15, 0.2) is 0 Å². The van der Waals surface area contributed by atoms with Gasteiger partial charge in [0.25, 0.3) is 5.91 Å². The van der Waals surface area contributed by atoms with E-state index in [9.17, 15) is 22.9 Å². The van der Waals surface area contributed by atoms with Crippen molar-refractivity contribution in [3.63, 3.8) is 0 Å². The van der Waals surface area contributed by atoms with Gasteiger partial charge in [-0.05, 0) is 26.0 Å².